The van der Waals surface area contributed by atoms with E-state index in [2.05, 4.69) is 10.3 Å². The van der Waals surface area contributed by atoms with Gasteiger partial charge in [-0.05, 0) is 17.7 Å². The summed E-state index contributed by atoms with van der Waals surface area (Å²) in [5.74, 6) is 0. The number of aromatic nitrogens is 1. The molecule has 0 unspecified atom stereocenters. The summed E-state index contributed by atoms with van der Waals surface area (Å²) in [6.07, 6.45) is 0. The number of pyridine rings is 1. The zero-order chi connectivity index (χ0) is 7.84. The van der Waals surface area contributed by atoms with E-state index in [9.17, 15) is 0 Å². The molecule has 1 aromatic heterocycles. The minimum absolute atomic E-state index is 0.438. The van der Waals surface area contributed by atoms with Crippen molar-refractivity contribution in [2.24, 2.45) is 0 Å². The lowest BCUT2D eigenvalue weighted by Crippen LogP contribution is -1.86. The standard InChI is InChI=1S/C7H6Cl2N2/c8-6-1-4(5-3-10-5)2-7(9)11-6/h1-2,5,10H,3H2/t5-/m1/s1. The SMILES string of the molecule is Clc1cc([C@H]2CN2)cc(Cl)n1. The quantitative estimate of drug-likeness (QED) is 0.541. The fourth-order valence-corrected chi connectivity index (χ4v) is 1.46. The third kappa shape index (κ3) is 1.64. The summed E-state index contributed by atoms with van der Waals surface area (Å²) in [4.78, 5) is 3.85. The first-order valence-electron chi connectivity index (χ1n) is 3.32. The highest BCUT2D eigenvalue weighted by atomic mass is 35.5. The van der Waals surface area contributed by atoms with E-state index in [-0.39, 0.29) is 0 Å². The second kappa shape index (κ2) is 2.63. The Labute approximate surface area is 74.5 Å². The van der Waals surface area contributed by atoms with Crippen LogP contribution in [0.4, 0.5) is 0 Å². The Kier molecular flexibility index (Phi) is 1.75. The highest BCUT2D eigenvalue weighted by molar-refractivity contribution is 6.32. The summed E-state index contributed by atoms with van der Waals surface area (Å²) < 4.78 is 0. The molecule has 0 aromatic carbocycles. The largest absolute Gasteiger partial charge is 0.307 e. The molecule has 1 N–H and O–H groups in total. The molecule has 1 atom stereocenters. The van der Waals surface area contributed by atoms with Crippen LogP contribution in [0.25, 0.3) is 0 Å². The van der Waals surface area contributed by atoms with Gasteiger partial charge in [-0.2, -0.15) is 0 Å². The van der Waals surface area contributed by atoms with Crippen molar-refractivity contribution < 1.29 is 0 Å². The predicted octanol–water partition coefficient (Wildman–Crippen LogP) is 2.03. The van der Waals surface area contributed by atoms with Gasteiger partial charge in [0.1, 0.15) is 10.3 Å². The first-order chi connectivity index (χ1) is 5.25. The molecule has 1 aliphatic heterocycles. The van der Waals surface area contributed by atoms with Crippen molar-refractivity contribution in [2.45, 2.75) is 6.04 Å². The van der Waals surface area contributed by atoms with Gasteiger partial charge >= 0.3 is 0 Å². The fourth-order valence-electron chi connectivity index (χ4n) is 0.979. The Morgan fingerprint density at radius 3 is 2.36 bits per heavy atom. The second-order valence-electron chi connectivity index (χ2n) is 2.51. The average molecular weight is 189 g/mol. The molecule has 2 rings (SSSR count). The van der Waals surface area contributed by atoms with Crippen molar-refractivity contribution in [1.29, 1.82) is 0 Å². The van der Waals surface area contributed by atoms with Crippen molar-refractivity contribution in [3.05, 3.63) is 28.0 Å². The van der Waals surface area contributed by atoms with E-state index in [4.69, 9.17) is 23.2 Å². The Bertz CT molecular complexity index is 264. The summed E-state index contributed by atoms with van der Waals surface area (Å²) in [7, 11) is 0. The highest BCUT2D eigenvalue weighted by Gasteiger charge is 2.22. The molecule has 2 heterocycles. The van der Waals surface area contributed by atoms with Crippen LogP contribution >= 0.6 is 23.2 Å². The molecule has 1 saturated heterocycles. The van der Waals surface area contributed by atoms with Gasteiger partial charge in [0.25, 0.3) is 0 Å². The van der Waals surface area contributed by atoms with Crippen LogP contribution in [0, 0.1) is 0 Å². The van der Waals surface area contributed by atoms with Gasteiger partial charge in [-0.3, -0.25) is 0 Å². The normalized spacial score (nSPS) is 21.8. The van der Waals surface area contributed by atoms with Crippen molar-refractivity contribution in [3.63, 3.8) is 0 Å². The van der Waals surface area contributed by atoms with Gasteiger partial charge < -0.3 is 5.32 Å². The smallest absolute Gasteiger partial charge is 0.131 e. The topological polar surface area (TPSA) is 34.8 Å². The maximum Gasteiger partial charge on any atom is 0.131 e. The van der Waals surface area contributed by atoms with Crippen LogP contribution in [0.2, 0.25) is 10.3 Å². The minimum atomic E-state index is 0.438. The second-order valence-corrected chi connectivity index (χ2v) is 3.28. The van der Waals surface area contributed by atoms with Crippen molar-refractivity contribution in [1.82, 2.24) is 10.3 Å². The van der Waals surface area contributed by atoms with Crippen molar-refractivity contribution >= 4 is 23.2 Å². The molecule has 0 spiro atoms. The maximum absolute atomic E-state index is 5.70. The lowest BCUT2D eigenvalue weighted by Gasteiger charge is -1.97. The van der Waals surface area contributed by atoms with Gasteiger partial charge in [0.15, 0.2) is 0 Å². The molecule has 1 fully saturated rings. The Morgan fingerprint density at radius 1 is 1.36 bits per heavy atom. The zero-order valence-electron chi connectivity index (χ0n) is 5.64. The summed E-state index contributed by atoms with van der Waals surface area (Å²) in [6, 6.07) is 4.10. The molecule has 4 heteroatoms. The number of halogens is 2. The van der Waals surface area contributed by atoms with Crippen LogP contribution < -0.4 is 5.32 Å². The number of hydrogen-bond donors (Lipinski definition) is 1. The first-order valence-corrected chi connectivity index (χ1v) is 4.07. The van der Waals surface area contributed by atoms with E-state index in [0.29, 0.717) is 16.3 Å². The Hall–Kier alpha value is -0.310. The number of hydrogen-bond acceptors (Lipinski definition) is 2. The third-order valence-electron chi connectivity index (χ3n) is 1.60. The lowest BCUT2D eigenvalue weighted by molar-refractivity contribution is 1.06. The summed E-state index contributed by atoms with van der Waals surface area (Å²) >= 11 is 11.4. The van der Waals surface area contributed by atoms with Gasteiger partial charge in [-0.1, -0.05) is 23.2 Å². The van der Waals surface area contributed by atoms with Crippen LogP contribution in [-0.4, -0.2) is 11.5 Å². The molecule has 58 valence electrons. The van der Waals surface area contributed by atoms with Gasteiger partial charge in [-0.25, -0.2) is 4.98 Å². The predicted molar refractivity (Wildman–Crippen MR) is 45.0 cm³/mol. The molecule has 0 aliphatic carbocycles. The van der Waals surface area contributed by atoms with Crippen LogP contribution in [0.15, 0.2) is 12.1 Å². The van der Waals surface area contributed by atoms with E-state index < -0.39 is 0 Å². The van der Waals surface area contributed by atoms with Gasteiger partial charge in [0.05, 0.1) is 0 Å². The molecular weight excluding hydrogens is 183 g/mol. The molecule has 0 saturated carbocycles. The average Bonchev–Trinajstić information content (AvgIpc) is 2.64. The van der Waals surface area contributed by atoms with Crippen LogP contribution in [0.1, 0.15) is 11.6 Å². The van der Waals surface area contributed by atoms with E-state index >= 15 is 0 Å². The Balaban J connectivity index is 2.39. The number of rotatable bonds is 1. The lowest BCUT2D eigenvalue weighted by atomic mass is 10.2. The van der Waals surface area contributed by atoms with Crippen molar-refractivity contribution in [2.75, 3.05) is 6.54 Å². The zero-order valence-corrected chi connectivity index (χ0v) is 7.15. The monoisotopic (exact) mass is 188 g/mol. The molecule has 1 aromatic rings. The van der Waals surface area contributed by atoms with Crippen LogP contribution in [-0.2, 0) is 0 Å². The molecule has 1 aliphatic rings. The minimum Gasteiger partial charge on any atom is -0.307 e. The van der Waals surface area contributed by atoms with Gasteiger partial charge in [0, 0.05) is 12.6 Å². The van der Waals surface area contributed by atoms with Gasteiger partial charge in [0.2, 0.25) is 0 Å². The fraction of sp³-hybridized carbons (Fsp3) is 0.286. The van der Waals surface area contributed by atoms with E-state index in [0.717, 1.165) is 12.1 Å². The van der Waals surface area contributed by atoms with Gasteiger partial charge in [-0.15, -0.1) is 0 Å². The van der Waals surface area contributed by atoms with E-state index in [1.807, 2.05) is 12.1 Å². The number of nitrogens with one attached hydrogen (secondary N) is 1. The van der Waals surface area contributed by atoms with Crippen molar-refractivity contribution in [3.8, 4) is 0 Å². The number of nitrogens with zero attached hydrogens (tertiary/aromatic N) is 1. The van der Waals surface area contributed by atoms with E-state index in [1.54, 1.807) is 0 Å². The van der Waals surface area contributed by atoms with Crippen LogP contribution in [0.5, 0.6) is 0 Å². The van der Waals surface area contributed by atoms with E-state index in [1.165, 1.54) is 0 Å². The summed E-state index contributed by atoms with van der Waals surface area (Å²) in [6.45, 7) is 1.01. The maximum atomic E-state index is 5.70. The summed E-state index contributed by atoms with van der Waals surface area (Å²) in [5, 5.41) is 4.08. The van der Waals surface area contributed by atoms with Crippen LogP contribution in [0.3, 0.4) is 0 Å². The third-order valence-corrected chi connectivity index (χ3v) is 1.98. The molecular formula is C7H6Cl2N2. The molecule has 0 bridgehead atoms. The first kappa shape index (κ1) is 7.35. The molecule has 2 nitrogen and oxygen atoms in total. The molecule has 11 heavy (non-hydrogen) atoms. The molecule has 0 radical (unpaired) electrons. The Morgan fingerprint density at radius 2 is 1.91 bits per heavy atom. The highest BCUT2D eigenvalue weighted by Crippen LogP contribution is 2.25. The summed E-state index contributed by atoms with van der Waals surface area (Å²) in [5.41, 5.74) is 1.12. The molecule has 0 amide bonds.